The Morgan fingerprint density at radius 3 is 2.14 bits per heavy atom. The minimum atomic E-state index is -3.40. The number of hydrogen-bond acceptors (Lipinski definition) is 5. The van der Waals surface area contributed by atoms with Gasteiger partial charge in [0.25, 0.3) is 10.1 Å². The van der Waals surface area contributed by atoms with Crippen LogP contribution in [0.3, 0.4) is 0 Å². The first kappa shape index (κ1) is 10.4. The van der Waals surface area contributed by atoms with Crippen LogP contribution in [0.25, 0.3) is 0 Å². The van der Waals surface area contributed by atoms with Crippen LogP contribution >= 0.6 is 0 Å². The lowest BCUT2D eigenvalue weighted by atomic mass is 9.69. The van der Waals surface area contributed by atoms with Crippen LogP contribution in [-0.2, 0) is 24.1 Å². The molecule has 14 heavy (non-hydrogen) atoms. The van der Waals surface area contributed by atoms with Gasteiger partial charge in [-0.1, -0.05) is 0 Å². The summed E-state index contributed by atoms with van der Waals surface area (Å²) in [4.78, 5) is 0. The van der Waals surface area contributed by atoms with Gasteiger partial charge >= 0.3 is 0 Å². The van der Waals surface area contributed by atoms with Crippen LogP contribution in [0, 0.1) is 5.41 Å². The highest BCUT2D eigenvalue weighted by molar-refractivity contribution is 7.92. The molecule has 2 aliphatic rings. The second-order valence-electron chi connectivity index (χ2n) is 4.36. The van der Waals surface area contributed by atoms with Crippen molar-refractivity contribution in [3.63, 3.8) is 0 Å². The standard InChI is InChI=1S/C7H12O5S2/c1-13(8,9)12-6-2-7(3-6)4-14(10,11)5-7/h6H,2-5H2,1H3. The predicted molar refractivity (Wildman–Crippen MR) is 50.0 cm³/mol. The molecule has 0 bridgehead atoms. The Balaban J connectivity index is 1.87. The molecule has 5 nitrogen and oxygen atoms in total. The highest BCUT2D eigenvalue weighted by atomic mass is 32.2. The normalized spacial score (nSPS) is 29.5. The first-order valence-electron chi connectivity index (χ1n) is 4.29. The molecule has 1 spiro atoms. The molecule has 0 aromatic carbocycles. The molecule has 1 aliphatic heterocycles. The molecule has 1 heterocycles. The minimum Gasteiger partial charge on any atom is -0.267 e. The maximum atomic E-state index is 10.9. The Kier molecular flexibility index (Phi) is 2.01. The van der Waals surface area contributed by atoms with E-state index in [1.165, 1.54) is 0 Å². The molecule has 1 saturated carbocycles. The van der Waals surface area contributed by atoms with Gasteiger partial charge in [0.2, 0.25) is 0 Å². The van der Waals surface area contributed by atoms with Gasteiger partial charge in [0, 0.05) is 5.41 Å². The van der Waals surface area contributed by atoms with Gasteiger partial charge in [-0.05, 0) is 12.8 Å². The highest BCUT2D eigenvalue weighted by Crippen LogP contribution is 2.51. The predicted octanol–water partition coefficient (Wildman–Crippen LogP) is -0.460. The Morgan fingerprint density at radius 2 is 1.79 bits per heavy atom. The van der Waals surface area contributed by atoms with Crippen molar-refractivity contribution < 1.29 is 21.0 Å². The van der Waals surface area contributed by atoms with Crippen LogP contribution in [-0.4, -0.2) is 40.7 Å². The molecular weight excluding hydrogens is 228 g/mol. The van der Waals surface area contributed by atoms with Gasteiger partial charge in [-0.2, -0.15) is 8.42 Å². The van der Waals surface area contributed by atoms with Crippen LogP contribution in [0.4, 0.5) is 0 Å². The van der Waals surface area contributed by atoms with Crippen LogP contribution < -0.4 is 0 Å². The van der Waals surface area contributed by atoms with Gasteiger partial charge in [0.15, 0.2) is 9.84 Å². The van der Waals surface area contributed by atoms with Crippen molar-refractivity contribution in [2.45, 2.75) is 18.9 Å². The zero-order valence-electron chi connectivity index (χ0n) is 7.76. The molecule has 1 aliphatic carbocycles. The summed E-state index contributed by atoms with van der Waals surface area (Å²) in [5.41, 5.74) is -0.159. The van der Waals surface area contributed by atoms with E-state index in [1.54, 1.807) is 0 Å². The Morgan fingerprint density at radius 1 is 1.29 bits per heavy atom. The summed E-state index contributed by atoms with van der Waals surface area (Å²) < 4.78 is 48.1. The van der Waals surface area contributed by atoms with Gasteiger partial charge in [0.05, 0.1) is 23.9 Å². The van der Waals surface area contributed by atoms with Gasteiger partial charge < -0.3 is 0 Å². The van der Waals surface area contributed by atoms with E-state index in [2.05, 4.69) is 0 Å². The molecule has 2 fully saturated rings. The topological polar surface area (TPSA) is 77.5 Å². The smallest absolute Gasteiger partial charge is 0.264 e. The molecule has 0 atom stereocenters. The van der Waals surface area contributed by atoms with E-state index in [0.717, 1.165) is 6.26 Å². The summed E-state index contributed by atoms with van der Waals surface area (Å²) in [6.07, 6.45) is 1.81. The molecule has 0 amide bonds. The second kappa shape index (κ2) is 2.70. The van der Waals surface area contributed by atoms with Gasteiger partial charge in [-0.15, -0.1) is 0 Å². The summed E-state index contributed by atoms with van der Waals surface area (Å²) in [6, 6.07) is 0. The molecule has 82 valence electrons. The van der Waals surface area contributed by atoms with Crippen molar-refractivity contribution in [1.82, 2.24) is 0 Å². The van der Waals surface area contributed by atoms with E-state index >= 15 is 0 Å². The van der Waals surface area contributed by atoms with Gasteiger partial charge in [-0.25, -0.2) is 8.42 Å². The van der Waals surface area contributed by atoms with Crippen molar-refractivity contribution in [2.24, 2.45) is 5.41 Å². The zero-order valence-corrected chi connectivity index (χ0v) is 9.40. The zero-order chi connectivity index (χ0) is 10.6. The van der Waals surface area contributed by atoms with E-state index < -0.39 is 20.0 Å². The Hall–Kier alpha value is -0.140. The molecule has 2 rings (SSSR count). The van der Waals surface area contributed by atoms with Gasteiger partial charge in [0.1, 0.15) is 0 Å². The summed E-state index contributed by atoms with van der Waals surface area (Å²) >= 11 is 0. The third-order valence-corrected chi connectivity index (χ3v) is 5.41. The molecule has 0 aromatic heterocycles. The summed E-state index contributed by atoms with van der Waals surface area (Å²) in [5.74, 6) is 0.396. The number of hydrogen-bond donors (Lipinski definition) is 0. The molecule has 0 aromatic rings. The third-order valence-electron chi connectivity index (χ3n) is 2.68. The molecule has 7 heteroatoms. The summed E-state index contributed by atoms with van der Waals surface area (Å²) in [6.45, 7) is 0. The average Bonchev–Trinajstić information content (AvgIpc) is 1.74. The van der Waals surface area contributed by atoms with Crippen LogP contribution in [0.2, 0.25) is 0 Å². The molecule has 1 saturated heterocycles. The molecule has 0 radical (unpaired) electrons. The van der Waals surface area contributed by atoms with E-state index in [4.69, 9.17) is 4.18 Å². The molecular formula is C7H12O5S2. The number of sulfone groups is 1. The summed E-state index contributed by atoms with van der Waals surface area (Å²) in [7, 11) is -6.22. The molecule has 0 unspecified atom stereocenters. The van der Waals surface area contributed by atoms with Crippen LogP contribution in [0.1, 0.15) is 12.8 Å². The lowest BCUT2D eigenvalue weighted by molar-refractivity contribution is 0.0107. The largest absolute Gasteiger partial charge is 0.267 e. The van der Waals surface area contributed by atoms with Crippen molar-refractivity contribution in [3.8, 4) is 0 Å². The average molecular weight is 240 g/mol. The quantitative estimate of drug-likeness (QED) is 0.610. The fraction of sp³-hybridized carbons (Fsp3) is 1.00. The Bertz CT molecular complexity index is 426. The van der Waals surface area contributed by atoms with Crippen molar-refractivity contribution in [2.75, 3.05) is 17.8 Å². The van der Waals surface area contributed by atoms with Crippen molar-refractivity contribution >= 4 is 20.0 Å². The van der Waals surface area contributed by atoms with Gasteiger partial charge in [-0.3, -0.25) is 4.18 Å². The van der Waals surface area contributed by atoms with Crippen molar-refractivity contribution in [1.29, 1.82) is 0 Å². The second-order valence-corrected chi connectivity index (χ2v) is 8.03. The first-order valence-corrected chi connectivity index (χ1v) is 7.92. The minimum absolute atomic E-state index is 0.159. The number of rotatable bonds is 2. The van der Waals surface area contributed by atoms with E-state index in [-0.39, 0.29) is 23.0 Å². The van der Waals surface area contributed by atoms with Crippen LogP contribution in [0.5, 0.6) is 0 Å². The fourth-order valence-electron chi connectivity index (χ4n) is 2.35. The molecule has 0 N–H and O–H groups in total. The summed E-state index contributed by atoms with van der Waals surface area (Å²) in [5, 5.41) is 0. The Labute approximate surface area is 83.5 Å². The maximum Gasteiger partial charge on any atom is 0.264 e. The van der Waals surface area contributed by atoms with E-state index in [1.807, 2.05) is 0 Å². The third kappa shape index (κ3) is 1.94. The lowest BCUT2D eigenvalue weighted by Gasteiger charge is -2.51. The monoisotopic (exact) mass is 240 g/mol. The highest BCUT2D eigenvalue weighted by Gasteiger charge is 2.57. The SMILES string of the molecule is CS(=O)(=O)OC1CC2(C1)CS(=O)(=O)C2. The van der Waals surface area contributed by atoms with E-state index in [0.29, 0.717) is 12.8 Å². The maximum absolute atomic E-state index is 10.9. The van der Waals surface area contributed by atoms with E-state index in [9.17, 15) is 16.8 Å². The van der Waals surface area contributed by atoms with Crippen molar-refractivity contribution in [3.05, 3.63) is 0 Å². The van der Waals surface area contributed by atoms with Crippen LogP contribution in [0.15, 0.2) is 0 Å². The first-order chi connectivity index (χ1) is 6.20. The fourth-order valence-corrected chi connectivity index (χ4v) is 5.23. The lowest BCUT2D eigenvalue weighted by Crippen LogP contribution is -2.58.